The van der Waals surface area contributed by atoms with Crippen LogP contribution in [0.2, 0.25) is 0 Å². The highest BCUT2D eigenvalue weighted by atomic mass is 16.1. The Morgan fingerprint density at radius 3 is 2.18 bits per heavy atom. The van der Waals surface area contributed by atoms with Gasteiger partial charge in [-0.1, -0.05) is 49.9 Å². The van der Waals surface area contributed by atoms with E-state index in [1.807, 2.05) is 0 Å². The molecule has 0 bridgehead atoms. The van der Waals surface area contributed by atoms with Crippen molar-refractivity contribution in [2.24, 2.45) is 0 Å². The van der Waals surface area contributed by atoms with E-state index in [1.165, 1.54) is 6.08 Å². The lowest BCUT2D eigenvalue weighted by Crippen LogP contribution is -2.16. The van der Waals surface area contributed by atoms with E-state index >= 15 is 0 Å². The Morgan fingerprint density at radius 1 is 0.818 bits per heavy atom. The van der Waals surface area contributed by atoms with E-state index in [1.54, 1.807) is 24.3 Å². The number of hydrogen-bond acceptors (Lipinski definition) is 3. The van der Waals surface area contributed by atoms with Crippen molar-refractivity contribution in [1.29, 1.82) is 0 Å². The summed E-state index contributed by atoms with van der Waals surface area (Å²) in [5.74, 6) is -0.0553. The zero-order valence-electron chi connectivity index (χ0n) is 12.8. The van der Waals surface area contributed by atoms with E-state index in [9.17, 15) is 14.4 Å². The van der Waals surface area contributed by atoms with Crippen LogP contribution >= 0.6 is 0 Å². The third-order valence-corrected chi connectivity index (χ3v) is 4.05. The molecule has 22 heavy (non-hydrogen) atoms. The van der Waals surface area contributed by atoms with Crippen LogP contribution in [0.25, 0.3) is 0 Å². The number of aldehydes is 1. The van der Waals surface area contributed by atoms with E-state index in [4.69, 9.17) is 0 Å². The van der Waals surface area contributed by atoms with Crippen molar-refractivity contribution in [3.05, 3.63) is 47.0 Å². The van der Waals surface area contributed by atoms with Gasteiger partial charge in [-0.3, -0.25) is 9.59 Å². The van der Waals surface area contributed by atoms with Crippen LogP contribution in [0.4, 0.5) is 0 Å². The largest absolute Gasteiger partial charge is 0.303 e. The number of fused-ring (bicyclic) bond motifs is 1. The molecule has 3 heteroatoms. The first-order chi connectivity index (χ1) is 10.7. The van der Waals surface area contributed by atoms with Crippen LogP contribution in [-0.4, -0.2) is 17.9 Å². The molecular weight excluding hydrogens is 276 g/mol. The topological polar surface area (TPSA) is 51.2 Å². The molecule has 0 fully saturated rings. The van der Waals surface area contributed by atoms with E-state index in [-0.39, 0.29) is 11.6 Å². The van der Waals surface area contributed by atoms with Gasteiger partial charge in [-0.05, 0) is 25.3 Å². The minimum atomic E-state index is -0.0564. The fourth-order valence-electron chi connectivity index (χ4n) is 2.81. The summed E-state index contributed by atoms with van der Waals surface area (Å²) in [5.41, 5.74) is 1.70. The highest BCUT2D eigenvalue weighted by Crippen LogP contribution is 2.24. The van der Waals surface area contributed by atoms with Gasteiger partial charge in [0.25, 0.3) is 0 Å². The Kier molecular flexibility index (Phi) is 6.26. The number of Topliss-reactive ketones (excluding diaryl/α,β-unsaturated/α-hetero) is 1. The lowest BCUT2D eigenvalue weighted by atomic mass is 9.87. The Bertz CT molecular complexity index is 584. The molecular formula is C19H22O3. The average Bonchev–Trinajstić information content (AvgIpc) is 2.54. The molecule has 0 N–H and O–H groups in total. The second kappa shape index (κ2) is 8.42. The van der Waals surface area contributed by atoms with Crippen molar-refractivity contribution in [3.8, 4) is 0 Å². The third kappa shape index (κ3) is 4.23. The molecule has 1 aliphatic rings. The van der Waals surface area contributed by atoms with Crippen molar-refractivity contribution in [2.45, 2.75) is 51.4 Å². The second-order valence-electron chi connectivity index (χ2n) is 5.74. The maximum atomic E-state index is 12.3. The number of hydrogen-bond donors (Lipinski definition) is 0. The van der Waals surface area contributed by atoms with Crippen molar-refractivity contribution < 1.29 is 14.4 Å². The number of benzene rings is 1. The van der Waals surface area contributed by atoms with Gasteiger partial charge in [-0.2, -0.15) is 0 Å². The van der Waals surface area contributed by atoms with Crippen LogP contribution in [0, 0.1) is 0 Å². The predicted octanol–water partition coefficient (Wildman–Crippen LogP) is 4.31. The molecule has 0 aliphatic heterocycles. The number of carbonyl (C=O) groups is 3. The summed E-state index contributed by atoms with van der Waals surface area (Å²) in [6.07, 6.45) is 10.1. The summed E-state index contributed by atoms with van der Waals surface area (Å²) >= 11 is 0. The summed E-state index contributed by atoms with van der Waals surface area (Å²) in [7, 11) is 0. The van der Waals surface area contributed by atoms with E-state index in [0.29, 0.717) is 29.5 Å². The lowest BCUT2D eigenvalue weighted by Gasteiger charge is -2.14. The van der Waals surface area contributed by atoms with Crippen LogP contribution in [0.5, 0.6) is 0 Å². The molecule has 3 nitrogen and oxygen atoms in total. The maximum Gasteiger partial charge on any atom is 0.189 e. The van der Waals surface area contributed by atoms with Gasteiger partial charge in [-0.15, -0.1) is 0 Å². The van der Waals surface area contributed by atoms with E-state index in [0.717, 1.165) is 44.8 Å². The van der Waals surface area contributed by atoms with Crippen LogP contribution in [0.15, 0.2) is 35.9 Å². The molecule has 116 valence electrons. The van der Waals surface area contributed by atoms with Gasteiger partial charge < -0.3 is 4.79 Å². The molecule has 0 aromatic heterocycles. The standard InChI is InChI=1S/C19H22O3/c20-13-9-5-3-1-2-4-6-10-15-14-18(21)16-11-7-8-12-17(16)19(15)22/h7-8,11-14H,1-6,9-10H2. The molecule has 0 amide bonds. The first kappa shape index (κ1) is 16.3. The number of ketones is 2. The molecule has 0 saturated heterocycles. The normalized spacial score (nSPS) is 13.7. The van der Waals surface area contributed by atoms with Crippen molar-refractivity contribution in [2.75, 3.05) is 0 Å². The van der Waals surface area contributed by atoms with Crippen molar-refractivity contribution >= 4 is 17.9 Å². The van der Waals surface area contributed by atoms with Crippen LogP contribution in [0.1, 0.15) is 72.1 Å². The van der Waals surface area contributed by atoms with Gasteiger partial charge in [0.05, 0.1) is 0 Å². The van der Waals surface area contributed by atoms with E-state index < -0.39 is 0 Å². The molecule has 0 heterocycles. The van der Waals surface area contributed by atoms with Crippen LogP contribution in [-0.2, 0) is 4.79 Å². The first-order valence-electron chi connectivity index (χ1n) is 8.06. The van der Waals surface area contributed by atoms with Gasteiger partial charge in [0.2, 0.25) is 0 Å². The summed E-state index contributed by atoms with van der Waals surface area (Å²) in [4.78, 5) is 34.6. The Hall–Kier alpha value is -2.03. The smallest absolute Gasteiger partial charge is 0.189 e. The molecule has 1 aromatic rings. The monoisotopic (exact) mass is 298 g/mol. The van der Waals surface area contributed by atoms with Crippen LogP contribution in [0.3, 0.4) is 0 Å². The Labute approximate surface area is 131 Å². The molecule has 1 aromatic carbocycles. The third-order valence-electron chi connectivity index (χ3n) is 4.05. The van der Waals surface area contributed by atoms with E-state index in [2.05, 4.69) is 0 Å². The number of allylic oxidation sites excluding steroid dienone is 2. The SMILES string of the molecule is O=CCCCCCCCCC1=CC(=O)c2ccccc2C1=O. The van der Waals surface area contributed by atoms with Gasteiger partial charge in [0, 0.05) is 23.1 Å². The molecule has 1 aliphatic carbocycles. The predicted molar refractivity (Wildman–Crippen MR) is 86.2 cm³/mol. The quantitative estimate of drug-likeness (QED) is 0.504. The number of unbranched alkanes of at least 4 members (excludes halogenated alkanes) is 6. The molecule has 0 saturated carbocycles. The van der Waals surface area contributed by atoms with Crippen molar-refractivity contribution in [1.82, 2.24) is 0 Å². The van der Waals surface area contributed by atoms with Gasteiger partial charge in [0.15, 0.2) is 11.6 Å². The maximum absolute atomic E-state index is 12.3. The zero-order valence-corrected chi connectivity index (χ0v) is 12.8. The Balaban J connectivity index is 1.76. The molecule has 0 unspecified atom stereocenters. The zero-order chi connectivity index (χ0) is 15.8. The molecule has 2 rings (SSSR count). The summed E-state index contributed by atoms with van der Waals surface area (Å²) in [6.45, 7) is 0. The molecule has 0 spiro atoms. The minimum Gasteiger partial charge on any atom is -0.303 e. The average molecular weight is 298 g/mol. The number of carbonyl (C=O) groups excluding carboxylic acids is 3. The van der Waals surface area contributed by atoms with Crippen molar-refractivity contribution in [3.63, 3.8) is 0 Å². The highest BCUT2D eigenvalue weighted by Gasteiger charge is 2.24. The highest BCUT2D eigenvalue weighted by molar-refractivity contribution is 6.24. The Morgan fingerprint density at radius 2 is 1.45 bits per heavy atom. The lowest BCUT2D eigenvalue weighted by molar-refractivity contribution is -0.107. The van der Waals surface area contributed by atoms with Gasteiger partial charge in [0.1, 0.15) is 6.29 Å². The van der Waals surface area contributed by atoms with Gasteiger partial charge >= 0.3 is 0 Å². The number of rotatable bonds is 9. The first-order valence-corrected chi connectivity index (χ1v) is 8.06. The fraction of sp³-hybridized carbons (Fsp3) is 0.421. The fourth-order valence-corrected chi connectivity index (χ4v) is 2.81. The summed E-state index contributed by atoms with van der Waals surface area (Å²) in [6, 6.07) is 7.03. The second-order valence-corrected chi connectivity index (χ2v) is 5.74. The van der Waals surface area contributed by atoms with Gasteiger partial charge in [-0.25, -0.2) is 0 Å². The molecule has 0 atom stereocenters. The summed E-state index contributed by atoms with van der Waals surface area (Å²) in [5, 5.41) is 0. The summed E-state index contributed by atoms with van der Waals surface area (Å²) < 4.78 is 0. The minimum absolute atomic E-state index is 0.00110. The molecule has 0 radical (unpaired) electrons. The van der Waals surface area contributed by atoms with Crippen LogP contribution < -0.4 is 0 Å².